The summed E-state index contributed by atoms with van der Waals surface area (Å²) in [6.45, 7) is 2.44. The highest BCUT2D eigenvalue weighted by atomic mass is 32.2. The number of hydrogen-bond acceptors (Lipinski definition) is 3. The Morgan fingerprint density at radius 3 is 2.60 bits per heavy atom. The summed E-state index contributed by atoms with van der Waals surface area (Å²) in [7, 11) is -3.45. The zero-order valence-corrected chi connectivity index (χ0v) is 12.7. The second-order valence-electron chi connectivity index (χ2n) is 5.66. The van der Waals surface area contributed by atoms with Crippen LogP contribution in [0.25, 0.3) is 0 Å². The van der Waals surface area contributed by atoms with Crippen LogP contribution in [0.4, 0.5) is 0 Å². The van der Waals surface area contributed by atoms with Gasteiger partial charge in [0.05, 0.1) is 4.90 Å². The van der Waals surface area contributed by atoms with Gasteiger partial charge in [-0.3, -0.25) is 0 Å². The van der Waals surface area contributed by atoms with Crippen molar-refractivity contribution in [3.8, 4) is 0 Å². The Morgan fingerprint density at radius 2 is 1.95 bits per heavy atom. The quantitative estimate of drug-likeness (QED) is 0.874. The molecular weight excluding hydrogens is 274 g/mol. The molecule has 1 fully saturated rings. The number of aliphatic hydroxyl groups excluding tert-OH is 1. The largest absolute Gasteiger partial charge is 0.396 e. The number of rotatable bonds is 5. The second kappa shape index (κ2) is 6.70. The van der Waals surface area contributed by atoms with Gasteiger partial charge >= 0.3 is 0 Å². The van der Waals surface area contributed by atoms with Gasteiger partial charge in [-0.1, -0.05) is 25.0 Å². The fraction of sp³-hybridized carbons (Fsp3) is 0.600. The molecule has 2 rings (SSSR count). The van der Waals surface area contributed by atoms with Crippen LogP contribution in [0, 0.1) is 18.8 Å². The lowest BCUT2D eigenvalue weighted by molar-refractivity contribution is 0.136. The van der Waals surface area contributed by atoms with Crippen LogP contribution in [0.5, 0.6) is 0 Å². The van der Waals surface area contributed by atoms with Crippen LogP contribution in [0.3, 0.4) is 0 Å². The molecule has 1 aliphatic carbocycles. The molecule has 0 amide bonds. The number of benzene rings is 1. The minimum Gasteiger partial charge on any atom is -0.396 e. The average molecular weight is 297 g/mol. The van der Waals surface area contributed by atoms with E-state index in [1.54, 1.807) is 18.2 Å². The van der Waals surface area contributed by atoms with Crippen LogP contribution >= 0.6 is 0 Å². The number of hydrogen-bond donors (Lipinski definition) is 2. The van der Waals surface area contributed by atoms with Gasteiger partial charge in [-0.25, -0.2) is 13.1 Å². The van der Waals surface area contributed by atoms with Crippen molar-refractivity contribution in [2.75, 3.05) is 13.2 Å². The first-order valence-corrected chi connectivity index (χ1v) is 8.68. The second-order valence-corrected chi connectivity index (χ2v) is 7.42. The lowest BCUT2D eigenvalue weighted by Crippen LogP contribution is -2.35. The third-order valence-corrected chi connectivity index (χ3v) is 5.56. The van der Waals surface area contributed by atoms with Gasteiger partial charge in [0.15, 0.2) is 0 Å². The Morgan fingerprint density at radius 1 is 1.25 bits per heavy atom. The zero-order chi connectivity index (χ0) is 14.6. The van der Waals surface area contributed by atoms with Crippen LogP contribution < -0.4 is 4.72 Å². The Labute approximate surface area is 121 Å². The zero-order valence-electron chi connectivity index (χ0n) is 11.9. The minimum absolute atomic E-state index is 0.150. The van der Waals surface area contributed by atoms with Crippen molar-refractivity contribution in [2.45, 2.75) is 37.5 Å². The molecular formula is C15H23NO3S. The molecule has 0 aromatic heterocycles. The predicted octanol–water partition coefficient (Wildman–Crippen LogP) is 2.07. The van der Waals surface area contributed by atoms with E-state index in [0.29, 0.717) is 11.4 Å². The summed E-state index contributed by atoms with van der Waals surface area (Å²) in [6.07, 6.45) is 4.23. The maximum absolute atomic E-state index is 12.2. The van der Waals surface area contributed by atoms with E-state index < -0.39 is 10.0 Å². The molecule has 2 unspecified atom stereocenters. The predicted molar refractivity (Wildman–Crippen MR) is 78.9 cm³/mol. The Kier molecular flexibility index (Phi) is 5.18. The molecule has 20 heavy (non-hydrogen) atoms. The molecule has 0 saturated heterocycles. The molecule has 0 spiro atoms. The Bertz CT molecular complexity index is 542. The van der Waals surface area contributed by atoms with E-state index in [4.69, 9.17) is 0 Å². The molecule has 0 bridgehead atoms. The highest BCUT2D eigenvalue weighted by Crippen LogP contribution is 2.29. The molecule has 0 aliphatic heterocycles. The SMILES string of the molecule is Cc1cccc(S(=O)(=O)NCC2CCCCC2CO)c1. The van der Waals surface area contributed by atoms with Crippen LogP contribution in [0.15, 0.2) is 29.2 Å². The average Bonchev–Trinajstić information content (AvgIpc) is 2.45. The normalized spacial score (nSPS) is 23.7. The van der Waals surface area contributed by atoms with Crippen molar-refractivity contribution in [1.29, 1.82) is 0 Å². The summed E-state index contributed by atoms with van der Waals surface area (Å²) < 4.78 is 27.2. The number of aryl methyl sites for hydroxylation is 1. The van der Waals surface area contributed by atoms with E-state index in [2.05, 4.69) is 4.72 Å². The number of nitrogens with one attached hydrogen (secondary N) is 1. The summed E-state index contributed by atoms with van der Waals surface area (Å²) in [4.78, 5) is 0.314. The maximum atomic E-state index is 12.2. The molecule has 5 heteroatoms. The maximum Gasteiger partial charge on any atom is 0.240 e. The van der Waals surface area contributed by atoms with Gasteiger partial charge in [-0.05, 0) is 49.3 Å². The van der Waals surface area contributed by atoms with Gasteiger partial charge in [0.2, 0.25) is 10.0 Å². The van der Waals surface area contributed by atoms with E-state index in [0.717, 1.165) is 31.2 Å². The van der Waals surface area contributed by atoms with Crippen LogP contribution in [0.1, 0.15) is 31.2 Å². The van der Waals surface area contributed by atoms with E-state index in [-0.39, 0.29) is 18.4 Å². The molecule has 1 aliphatic rings. The van der Waals surface area contributed by atoms with Crippen LogP contribution in [0.2, 0.25) is 0 Å². The third kappa shape index (κ3) is 3.81. The molecule has 4 nitrogen and oxygen atoms in total. The summed E-state index contributed by atoms with van der Waals surface area (Å²) in [5.41, 5.74) is 0.929. The summed E-state index contributed by atoms with van der Waals surface area (Å²) in [6, 6.07) is 6.91. The van der Waals surface area contributed by atoms with Gasteiger partial charge in [-0.15, -0.1) is 0 Å². The molecule has 0 radical (unpaired) electrons. The highest BCUT2D eigenvalue weighted by molar-refractivity contribution is 7.89. The van der Waals surface area contributed by atoms with Gasteiger partial charge in [-0.2, -0.15) is 0 Å². The lowest BCUT2D eigenvalue weighted by Gasteiger charge is -2.30. The number of sulfonamides is 1. The van der Waals surface area contributed by atoms with Gasteiger partial charge < -0.3 is 5.11 Å². The van der Waals surface area contributed by atoms with Crippen molar-refractivity contribution < 1.29 is 13.5 Å². The first-order valence-electron chi connectivity index (χ1n) is 7.20. The smallest absolute Gasteiger partial charge is 0.240 e. The lowest BCUT2D eigenvalue weighted by atomic mass is 9.80. The fourth-order valence-corrected chi connectivity index (χ4v) is 4.08. The van der Waals surface area contributed by atoms with Crippen molar-refractivity contribution in [2.24, 2.45) is 11.8 Å². The Hall–Kier alpha value is -0.910. The van der Waals surface area contributed by atoms with E-state index >= 15 is 0 Å². The minimum atomic E-state index is -3.45. The van der Waals surface area contributed by atoms with Crippen LogP contribution in [-0.2, 0) is 10.0 Å². The summed E-state index contributed by atoms with van der Waals surface area (Å²) in [5.74, 6) is 0.470. The van der Waals surface area contributed by atoms with Crippen molar-refractivity contribution in [3.63, 3.8) is 0 Å². The summed E-state index contributed by atoms with van der Waals surface area (Å²) >= 11 is 0. The van der Waals surface area contributed by atoms with E-state index in [9.17, 15) is 13.5 Å². The molecule has 1 aromatic carbocycles. The van der Waals surface area contributed by atoms with Gasteiger partial charge in [0, 0.05) is 13.2 Å². The van der Waals surface area contributed by atoms with Crippen LogP contribution in [-0.4, -0.2) is 26.7 Å². The van der Waals surface area contributed by atoms with E-state index in [1.807, 2.05) is 13.0 Å². The standard InChI is InChI=1S/C15H23NO3S/c1-12-5-4-8-15(9-12)20(18,19)16-10-13-6-2-3-7-14(13)11-17/h4-5,8-9,13-14,16-17H,2-3,6-7,10-11H2,1H3. The first-order chi connectivity index (χ1) is 9.53. The molecule has 0 heterocycles. The topological polar surface area (TPSA) is 66.4 Å². The third-order valence-electron chi connectivity index (χ3n) is 4.14. The van der Waals surface area contributed by atoms with Gasteiger partial charge in [0.25, 0.3) is 0 Å². The number of aliphatic hydroxyl groups is 1. The molecule has 112 valence electrons. The molecule has 2 atom stereocenters. The van der Waals surface area contributed by atoms with Crippen molar-refractivity contribution >= 4 is 10.0 Å². The molecule has 2 N–H and O–H groups in total. The fourth-order valence-electron chi connectivity index (χ4n) is 2.88. The first kappa shape index (κ1) is 15.5. The van der Waals surface area contributed by atoms with E-state index in [1.165, 1.54) is 0 Å². The van der Waals surface area contributed by atoms with Crippen molar-refractivity contribution in [1.82, 2.24) is 4.72 Å². The highest BCUT2D eigenvalue weighted by Gasteiger charge is 2.26. The van der Waals surface area contributed by atoms with Gasteiger partial charge in [0.1, 0.15) is 0 Å². The monoisotopic (exact) mass is 297 g/mol. The molecule has 1 aromatic rings. The van der Waals surface area contributed by atoms with Crippen molar-refractivity contribution in [3.05, 3.63) is 29.8 Å². The Balaban J connectivity index is 2.02. The summed E-state index contributed by atoms with van der Waals surface area (Å²) in [5, 5.41) is 9.37. The molecule has 1 saturated carbocycles.